The lowest BCUT2D eigenvalue weighted by Crippen LogP contribution is -2.14. The topological polar surface area (TPSA) is 12.0 Å². The largest absolute Gasteiger partial charge is 0.319 e. The fourth-order valence-corrected chi connectivity index (χ4v) is 1.65. The number of halogens is 1. The Labute approximate surface area is 82.3 Å². The van der Waals surface area contributed by atoms with Crippen molar-refractivity contribution < 1.29 is 0 Å². The first-order valence-electron chi connectivity index (χ1n) is 4.14. The molecule has 0 fully saturated rings. The second-order valence-corrected chi connectivity index (χ2v) is 3.93. The van der Waals surface area contributed by atoms with Crippen molar-refractivity contribution >= 4 is 15.9 Å². The fraction of sp³-hybridized carbons (Fsp3) is 0.400. The average Bonchev–Trinajstić information content (AvgIpc) is 2.05. The molecule has 1 nitrogen and oxygen atoms in total. The lowest BCUT2D eigenvalue weighted by molar-refractivity contribution is 0.677. The number of benzene rings is 1. The summed E-state index contributed by atoms with van der Waals surface area (Å²) in [6, 6.07) is 8.45. The zero-order valence-corrected chi connectivity index (χ0v) is 9.06. The minimum absolute atomic E-state index is 0.576. The Morgan fingerprint density at radius 2 is 2.25 bits per heavy atom. The molecule has 1 atom stereocenters. The van der Waals surface area contributed by atoms with Gasteiger partial charge in [0.1, 0.15) is 0 Å². The van der Waals surface area contributed by atoms with E-state index >= 15 is 0 Å². The van der Waals surface area contributed by atoms with Crippen LogP contribution in [0.2, 0.25) is 0 Å². The second-order valence-electron chi connectivity index (χ2n) is 3.01. The van der Waals surface area contributed by atoms with Gasteiger partial charge in [0, 0.05) is 11.0 Å². The van der Waals surface area contributed by atoms with Gasteiger partial charge in [-0.25, -0.2) is 0 Å². The van der Waals surface area contributed by atoms with Gasteiger partial charge in [0.05, 0.1) is 0 Å². The highest BCUT2D eigenvalue weighted by Gasteiger charge is 2.03. The van der Waals surface area contributed by atoms with Crippen LogP contribution in [-0.2, 0) is 0 Å². The lowest BCUT2D eigenvalue weighted by Gasteiger charge is -2.10. The van der Waals surface area contributed by atoms with E-state index in [0.29, 0.717) is 5.92 Å². The standard InChI is InChI=1S/C10H14BrN/c1-8(7-12-2)9-4-3-5-10(11)6-9/h3-6,8,12H,7H2,1-2H3. The summed E-state index contributed by atoms with van der Waals surface area (Å²) in [7, 11) is 1.98. The normalized spacial score (nSPS) is 12.9. The van der Waals surface area contributed by atoms with Crippen LogP contribution < -0.4 is 5.32 Å². The Morgan fingerprint density at radius 1 is 1.50 bits per heavy atom. The van der Waals surface area contributed by atoms with E-state index in [1.54, 1.807) is 0 Å². The number of nitrogens with one attached hydrogen (secondary N) is 1. The third kappa shape index (κ3) is 2.61. The molecule has 0 saturated carbocycles. The highest BCUT2D eigenvalue weighted by molar-refractivity contribution is 9.10. The predicted molar refractivity (Wildman–Crippen MR) is 56.5 cm³/mol. The van der Waals surface area contributed by atoms with Crippen LogP contribution >= 0.6 is 15.9 Å². The van der Waals surface area contributed by atoms with E-state index in [1.165, 1.54) is 5.56 Å². The van der Waals surface area contributed by atoms with E-state index in [1.807, 2.05) is 7.05 Å². The van der Waals surface area contributed by atoms with Crippen molar-refractivity contribution in [2.24, 2.45) is 0 Å². The molecule has 0 aromatic heterocycles. The molecule has 1 N–H and O–H groups in total. The highest BCUT2D eigenvalue weighted by Crippen LogP contribution is 2.18. The van der Waals surface area contributed by atoms with Gasteiger partial charge in [-0.05, 0) is 30.7 Å². The van der Waals surface area contributed by atoms with E-state index in [4.69, 9.17) is 0 Å². The molecule has 0 saturated heterocycles. The summed E-state index contributed by atoms with van der Waals surface area (Å²) in [4.78, 5) is 0. The molecule has 12 heavy (non-hydrogen) atoms. The van der Waals surface area contributed by atoms with Crippen molar-refractivity contribution in [1.82, 2.24) is 5.32 Å². The minimum atomic E-state index is 0.576. The maximum absolute atomic E-state index is 3.46. The number of hydrogen-bond acceptors (Lipinski definition) is 1. The quantitative estimate of drug-likeness (QED) is 0.838. The third-order valence-electron chi connectivity index (χ3n) is 1.93. The molecule has 0 amide bonds. The zero-order chi connectivity index (χ0) is 8.97. The van der Waals surface area contributed by atoms with Gasteiger partial charge in [-0.15, -0.1) is 0 Å². The monoisotopic (exact) mass is 227 g/mol. The molecule has 1 aromatic rings. The summed E-state index contributed by atoms with van der Waals surface area (Å²) in [5.41, 5.74) is 1.37. The summed E-state index contributed by atoms with van der Waals surface area (Å²) in [5, 5.41) is 3.17. The molecule has 66 valence electrons. The Balaban J connectivity index is 2.73. The molecule has 1 rings (SSSR count). The van der Waals surface area contributed by atoms with Crippen molar-refractivity contribution in [2.75, 3.05) is 13.6 Å². The molecule has 1 aromatic carbocycles. The van der Waals surface area contributed by atoms with Crippen LogP contribution in [0.15, 0.2) is 28.7 Å². The first-order valence-corrected chi connectivity index (χ1v) is 4.93. The van der Waals surface area contributed by atoms with Crippen LogP contribution in [0.25, 0.3) is 0 Å². The molecule has 0 aliphatic rings. The van der Waals surface area contributed by atoms with Crippen LogP contribution in [0, 0.1) is 0 Å². The Kier molecular flexibility index (Phi) is 3.76. The smallest absolute Gasteiger partial charge is 0.0178 e. The van der Waals surface area contributed by atoms with E-state index in [9.17, 15) is 0 Å². The SMILES string of the molecule is CNCC(C)c1cccc(Br)c1. The third-order valence-corrected chi connectivity index (χ3v) is 2.42. The van der Waals surface area contributed by atoms with Crippen molar-refractivity contribution in [3.05, 3.63) is 34.3 Å². The lowest BCUT2D eigenvalue weighted by atomic mass is 10.0. The first kappa shape index (κ1) is 9.75. The van der Waals surface area contributed by atoms with Crippen molar-refractivity contribution in [2.45, 2.75) is 12.8 Å². The molecule has 0 bridgehead atoms. The van der Waals surface area contributed by atoms with Gasteiger partial charge in [0.15, 0.2) is 0 Å². The minimum Gasteiger partial charge on any atom is -0.319 e. The van der Waals surface area contributed by atoms with E-state index < -0.39 is 0 Å². The molecule has 0 aliphatic heterocycles. The number of hydrogen-bond donors (Lipinski definition) is 1. The van der Waals surface area contributed by atoms with Crippen molar-refractivity contribution in [3.63, 3.8) is 0 Å². The maximum atomic E-state index is 3.46. The Hall–Kier alpha value is -0.340. The maximum Gasteiger partial charge on any atom is 0.0178 e. The van der Waals surface area contributed by atoms with Gasteiger partial charge < -0.3 is 5.32 Å². The van der Waals surface area contributed by atoms with Crippen LogP contribution in [0.3, 0.4) is 0 Å². The van der Waals surface area contributed by atoms with Crippen LogP contribution in [0.4, 0.5) is 0 Å². The number of likely N-dealkylation sites (N-methyl/N-ethyl adjacent to an activating group) is 1. The van der Waals surface area contributed by atoms with E-state index in [0.717, 1.165) is 11.0 Å². The summed E-state index contributed by atoms with van der Waals surface area (Å²) in [6.45, 7) is 3.24. The first-order chi connectivity index (χ1) is 5.74. The Morgan fingerprint density at radius 3 is 2.83 bits per heavy atom. The summed E-state index contributed by atoms with van der Waals surface area (Å²) < 4.78 is 1.16. The average molecular weight is 228 g/mol. The molecular weight excluding hydrogens is 214 g/mol. The fourth-order valence-electron chi connectivity index (χ4n) is 1.24. The molecular formula is C10H14BrN. The van der Waals surface area contributed by atoms with Gasteiger partial charge in [-0.3, -0.25) is 0 Å². The van der Waals surface area contributed by atoms with Gasteiger partial charge in [-0.2, -0.15) is 0 Å². The Bertz CT molecular complexity index is 247. The molecule has 0 heterocycles. The number of rotatable bonds is 3. The van der Waals surface area contributed by atoms with Crippen molar-refractivity contribution in [3.8, 4) is 0 Å². The van der Waals surface area contributed by atoms with Gasteiger partial charge in [0.2, 0.25) is 0 Å². The molecule has 2 heteroatoms. The molecule has 1 unspecified atom stereocenters. The summed E-state index contributed by atoms with van der Waals surface area (Å²) in [6.07, 6.45) is 0. The summed E-state index contributed by atoms with van der Waals surface area (Å²) in [5.74, 6) is 0.576. The van der Waals surface area contributed by atoms with E-state index in [-0.39, 0.29) is 0 Å². The second kappa shape index (κ2) is 4.63. The molecule has 0 aliphatic carbocycles. The van der Waals surface area contributed by atoms with Gasteiger partial charge in [-0.1, -0.05) is 35.0 Å². The van der Waals surface area contributed by atoms with Gasteiger partial charge >= 0.3 is 0 Å². The molecule has 0 radical (unpaired) electrons. The zero-order valence-electron chi connectivity index (χ0n) is 7.47. The van der Waals surface area contributed by atoms with Crippen molar-refractivity contribution in [1.29, 1.82) is 0 Å². The van der Waals surface area contributed by atoms with Crippen LogP contribution in [0.1, 0.15) is 18.4 Å². The summed E-state index contributed by atoms with van der Waals surface area (Å²) >= 11 is 3.46. The van der Waals surface area contributed by atoms with Crippen LogP contribution in [0.5, 0.6) is 0 Å². The predicted octanol–water partition coefficient (Wildman–Crippen LogP) is 2.77. The molecule has 0 spiro atoms. The van der Waals surface area contributed by atoms with E-state index in [2.05, 4.69) is 52.4 Å². The highest BCUT2D eigenvalue weighted by atomic mass is 79.9. The van der Waals surface area contributed by atoms with Crippen LogP contribution in [-0.4, -0.2) is 13.6 Å². The van der Waals surface area contributed by atoms with Gasteiger partial charge in [0.25, 0.3) is 0 Å².